The summed E-state index contributed by atoms with van der Waals surface area (Å²) in [7, 11) is 3.35. The fourth-order valence-electron chi connectivity index (χ4n) is 1.48. The van der Waals surface area contributed by atoms with Crippen LogP contribution in [0.4, 0.5) is 0 Å². The second-order valence-electron chi connectivity index (χ2n) is 3.73. The Labute approximate surface area is 100 Å². The molecule has 4 heteroatoms. The molecule has 0 spiro atoms. The molecular weight excluding hydrogens is 224 g/mol. The first kappa shape index (κ1) is 11.6. The standard InChI is InChI=1S/C12H16O3S/c1-13-10-3-4-12(11(5-10)14-2)16-8-9-6-15-7-9/h3-5,9H,6-8H2,1-2H3. The van der Waals surface area contributed by atoms with Gasteiger partial charge in [0.2, 0.25) is 0 Å². The molecule has 0 unspecified atom stereocenters. The van der Waals surface area contributed by atoms with Crippen LogP contribution in [0.2, 0.25) is 0 Å². The fourth-order valence-corrected chi connectivity index (χ4v) is 2.54. The van der Waals surface area contributed by atoms with Gasteiger partial charge in [-0.3, -0.25) is 0 Å². The Morgan fingerprint density at radius 3 is 2.69 bits per heavy atom. The van der Waals surface area contributed by atoms with Crippen molar-refractivity contribution in [2.45, 2.75) is 4.90 Å². The monoisotopic (exact) mass is 240 g/mol. The molecule has 0 aliphatic carbocycles. The van der Waals surface area contributed by atoms with E-state index in [9.17, 15) is 0 Å². The first-order valence-electron chi connectivity index (χ1n) is 5.26. The maximum atomic E-state index is 5.34. The Morgan fingerprint density at radius 2 is 2.12 bits per heavy atom. The number of ether oxygens (including phenoxy) is 3. The summed E-state index contributed by atoms with van der Waals surface area (Å²) in [5, 5.41) is 0. The van der Waals surface area contributed by atoms with Crippen LogP contribution in [0.3, 0.4) is 0 Å². The Bertz CT molecular complexity index is 350. The second kappa shape index (κ2) is 5.46. The molecule has 2 rings (SSSR count). The minimum absolute atomic E-state index is 0.691. The van der Waals surface area contributed by atoms with E-state index in [4.69, 9.17) is 14.2 Å². The number of hydrogen-bond acceptors (Lipinski definition) is 4. The maximum Gasteiger partial charge on any atom is 0.136 e. The Balaban J connectivity index is 2.00. The largest absolute Gasteiger partial charge is 0.497 e. The first-order valence-corrected chi connectivity index (χ1v) is 6.24. The summed E-state index contributed by atoms with van der Waals surface area (Å²) in [5.41, 5.74) is 0. The van der Waals surface area contributed by atoms with Crippen LogP contribution >= 0.6 is 11.8 Å². The highest BCUT2D eigenvalue weighted by Gasteiger charge is 2.19. The molecule has 1 aliphatic heterocycles. The third kappa shape index (κ3) is 2.62. The van der Waals surface area contributed by atoms with Crippen LogP contribution in [0.15, 0.2) is 23.1 Å². The van der Waals surface area contributed by atoms with Gasteiger partial charge in [-0.25, -0.2) is 0 Å². The lowest BCUT2D eigenvalue weighted by Crippen LogP contribution is -2.29. The highest BCUT2D eigenvalue weighted by atomic mass is 32.2. The molecule has 0 amide bonds. The summed E-state index contributed by atoms with van der Waals surface area (Å²) in [4.78, 5) is 1.16. The Morgan fingerprint density at radius 1 is 1.31 bits per heavy atom. The zero-order chi connectivity index (χ0) is 11.4. The van der Waals surface area contributed by atoms with Crippen molar-refractivity contribution >= 4 is 11.8 Å². The molecular formula is C12H16O3S. The van der Waals surface area contributed by atoms with Gasteiger partial charge >= 0.3 is 0 Å². The fraction of sp³-hybridized carbons (Fsp3) is 0.500. The zero-order valence-corrected chi connectivity index (χ0v) is 10.4. The normalized spacial score (nSPS) is 15.6. The van der Waals surface area contributed by atoms with E-state index in [-0.39, 0.29) is 0 Å². The van der Waals surface area contributed by atoms with E-state index in [0.29, 0.717) is 5.92 Å². The van der Waals surface area contributed by atoms with Crippen molar-refractivity contribution in [3.63, 3.8) is 0 Å². The van der Waals surface area contributed by atoms with Crippen LogP contribution in [-0.4, -0.2) is 33.2 Å². The summed E-state index contributed by atoms with van der Waals surface area (Å²) in [6, 6.07) is 5.92. The third-order valence-electron chi connectivity index (χ3n) is 2.55. The second-order valence-corrected chi connectivity index (χ2v) is 4.79. The van der Waals surface area contributed by atoms with Crippen molar-refractivity contribution in [3.8, 4) is 11.5 Å². The van der Waals surface area contributed by atoms with E-state index in [0.717, 1.165) is 35.4 Å². The van der Waals surface area contributed by atoms with E-state index >= 15 is 0 Å². The van der Waals surface area contributed by atoms with Crippen LogP contribution in [0, 0.1) is 5.92 Å². The minimum atomic E-state index is 0.691. The van der Waals surface area contributed by atoms with E-state index in [1.165, 1.54) is 0 Å². The van der Waals surface area contributed by atoms with Gasteiger partial charge in [-0.15, -0.1) is 11.8 Å². The molecule has 0 N–H and O–H groups in total. The molecule has 1 aliphatic rings. The van der Waals surface area contributed by atoms with E-state index in [1.807, 2.05) is 30.0 Å². The van der Waals surface area contributed by atoms with E-state index in [2.05, 4.69) is 0 Å². The minimum Gasteiger partial charge on any atom is -0.497 e. The van der Waals surface area contributed by atoms with Gasteiger partial charge in [-0.2, -0.15) is 0 Å². The number of benzene rings is 1. The van der Waals surface area contributed by atoms with Crippen molar-refractivity contribution in [3.05, 3.63) is 18.2 Å². The molecule has 1 aromatic rings. The van der Waals surface area contributed by atoms with Gasteiger partial charge in [0.15, 0.2) is 0 Å². The molecule has 0 saturated carbocycles. The van der Waals surface area contributed by atoms with Crippen LogP contribution in [0.25, 0.3) is 0 Å². The Hall–Kier alpha value is -0.870. The molecule has 88 valence electrons. The number of hydrogen-bond donors (Lipinski definition) is 0. The van der Waals surface area contributed by atoms with Crippen molar-refractivity contribution in [1.82, 2.24) is 0 Å². The molecule has 1 saturated heterocycles. The van der Waals surface area contributed by atoms with Crippen molar-refractivity contribution < 1.29 is 14.2 Å². The molecule has 0 aromatic heterocycles. The summed E-state index contributed by atoms with van der Waals surface area (Å²) >= 11 is 1.81. The third-order valence-corrected chi connectivity index (χ3v) is 3.84. The topological polar surface area (TPSA) is 27.7 Å². The van der Waals surface area contributed by atoms with Crippen LogP contribution in [0.1, 0.15) is 0 Å². The van der Waals surface area contributed by atoms with Gasteiger partial charge in [0, 0.05) is 22.6 Å². The highest BCUT2D eigenvalue weighted by Crippen LogP contribution is 2.34. The molecule has 0 atom stereocenters. The van der Waals surface area contributed by atoms with Gasteiger partial charge in [0.25, 0.3) is 0 Å². The van der Waals surface area contributed by atoms with Gasteiger partial charge in [-0.05, 0) is 12.1 Å². The smallest absolute Gasteiger partial charge is 0.136 e. The van der Waals surface area contributed by atoms with E-state index in [1.54, 1.807) is 14.2 Å². The maximum absolute atomic E-state index is 5.34. The lowest BCUT2D eigenvalue weighted by Gasteiger charge is -2.25. The quantitative estimate of drug-likeness (QED) is 0.739. The summed E-state index contributed by atoms with van der Waals surface area (Å²) < 4.78 is 15.7. The number of methoxy groups -OCH3 is 2. The molecule has 1 fully saturated rings. The predicted octanol–water partition coefficient (Wildman–Crippen LogP) is 2.44. The van der Waals surface area contributed by atoms with Crippen molar-refractivity contribution in [1.29, 1.82) is 0 Å². The van der Waals surface area contributed by atoms with Gasteiger partial charge in [0.05, 0.1) is 27.4 Å². The number of thioether (sulfide) groups is 1. The summed E-state index contributed by atoms with van der Waals surface area (Å²) in [6.45, 7) is 1.79. The van der Waals surface area contributed by atoms with Gasteiger partial charge < -0.3 is 14.2 Å². The van der Waals surface area contributed by atoms with Crippen LogP contribution in [0.5, 0.6) is 11.5 Å². The van der Waals surface area contributed by atoms with Crippen LogP contribution in [-0.2, 0) is 4.74 Å². The van der Waals surface area contributed by atoms with Crippen molar-refractivity contribution in [2.24, 2.45) is 5.92 Å². The van der Waals surface area contributed by atoms with Crippen molar-refractivity contribution in [2.75, 3.05) is 33.2 Å². The predicted molar refractivity (Wildman–Crippen MR) is 64.6 cm³/mol. The molecule has 0 bridgehead atoms. The Kier molecular flexibility index (Phi) is 3.96. The van der Waals surface area contributed by atoms with Gasteiger partial charge in [0.1, 0.15) is 11.5 Å². The van der Waals surface area contributed by atoms with Gasteiger partial charge in [-0.1, -0.05) is 0 Å². The average molecular weight is 240 g/mol. The van der Waals surface area contributed by atoms with E-state index < -0.39 is 0 Å². The van der Waals surface area contributed by atoms with Crippen LogP contribution < -0.4 is 9.47 Å². The molecule has 1 heterocycles. The molecule has 16 heavy (non-hydrogen) atoms. The molecule has 0 radical (unpaired) electrons. The SMILES string of the molecule is COc1ccc(SCC2COC2)c(OC)c1. The summed E-state index contributed by atoms with van der Waals surface area (Å²) in [6.07, 6.45) is 0. The molecule has 1 aromatic carbocycles. The lowest BCUT2D eigenvalue weighted by molar-refractivity contribution is -0.0196. The zero-order valence-electron chi connectivity index (χ0n) is 9.56. The first-order chi connectivity index (χ1) is 7.83. The number of rotatable bonds is 5. The lowest BCUT2D eigenvalue weighted by atomic mass is 10.1. The highest BCUT2D eigenvalue weighted by molar-refractivity contribution is 7.99. The average Bonchev–Trinajstić information content (AvgIpc) is 2.27. The summed E-state index contributed by atoms with van der Waals surface area (Å²) in [5.74, 6) is 3.48. The molecule has 3 nitrogen and oxygen atoms in total.